The number of esters is 1. The molecule has 0 N–H and O–H groups in total. The van der Waals surface area contributed by atoms with E-state index in [-0.39, 0.29) is 12.3 Å². The molecule has 1 aromatic carbocycles. The van der Waals surface area contributed by atoms with E-state index in [0.717, 1.165) is 9.87 Å². The largest absolute Gasteiger partial charge is 0.468 e. The van der Waals surface area contributed by atoms with E-state index in [2.05, 4.69) is 18.6 Å². The summed E-state index contributed by atoms with van der Waals surface area (Å²) in [7, 11) is -2.28. The van der Waals surface area contributed by atoms with Gasteiger partial charge in [-0.15, -0.1) is 0 Å². The first kappa shape index (κ1) is 16.5. The maximum absolute atomic E-state index is 12.1. The molecule has 0 aliphatic heterocycles. The molecule has 0 aromatic heterocycles. The second-order valence-electron chi connectivity index (χ2n) is 4.73. The molecule has 0 atom stereocenters. The smallest absolute Gasteiger partial charge is 0.326 e. The van der Waals surface area contributed by atoms with Crippen LogP contribution >= 0.6 is 0 Å². The Morgan fingerprint density at radius 1 is 1.25 bits per heavy atom. The molecule has 5 nitrogen and oxygen atoms in total. The SMILES string of the molecule is CCS(=O)(=O)N(CC(=O)OC)c1ccc(C(C)C)cc1. The van der Waals surface area contributed by atoms with Crippen LogP contribution in [0, 0.1) is 0 Å². The fourth-order valence-corrected chi connectivity index (χ4v) is 2.77. The minimum atomic E-state index is -3.52. The Labute approximate surface area is 120 Å². The third-order valence-corrected chi connectivity index (χ3v) is 4.79. The average Bonchev–Trinajstić information content (AvgIpc) is 2.44. The number of hydrogen-bond acceptors (Lipinski definition) is 4. The number of rotatable bonds is 6. The molecule has 0 saturated carbocycles. The van der Waals surface area contributed by atoms with Crippen LogP contribution in [0.15, 0.2) is 24.3 Å². The van der Waals surface area contributed by atoms with Crippen LogP contribution in [0.25, 0.3) is 0 Å². The van der Waals surface area contributed by atoms with Crippen molar-refractivity contribution in [2.45, 2.75) is 26.7 Å². The summed E-state index contributed by atoms with van der Waals surface area (Å²) in [6.07, 6.45) is 0. The molecule has 0 unspecified atom stereocenters. The summed E-state index contributed by atoms with van der Waals surface area (Å²) >= 11 is 0. The number of benzene rings is 1. The molecule has 0 radical (unpaired) electrons. The lowest BCUT2D eigenvalue weighted by Crippen LogP contribution is -2.37. The van der Waals surface area contributed by atoms with Gasteiger partial charge in [-0.3, -0.25) is 9.10 Å². The van der Waals surface area contributed by atoms with E-state index in [9.17, 15) is 13.2 Å². The number of methoxy groups -OCH3 is 1. The quantitative estimate of drug-likeness (QED) is 0.755. The van der Waals surface area contributed by atoms with Crippen molar-refractivity contribution in [3.63, 3.8) is 0 Å². The maximum Gasteiger partial charge on any atom is 0.326 e. The first-order valence-corrected chi connectivity index (χ1v) is 8.10. The molecule has 1 aromatic rings. The van der Waals surface area contributed by atoms with Crippen molar-refractivity contribution in [1.82, 2.24) is 0 Å². The van der Waals surface area contributed by atoms with Crippen LogP contribution in [0.4, 0.5) is 5.69 Å². The summed E-state index contributed by atoms with van der Waals surface area (Å²) in [5.41, 5.74) is 1.59. The van der Waals surface area contributed by atoms with Crippen molar-refractivity contribution in [3.8, 4) is 0 Å². The Morgan fingerprint density at radius 2 is 1.80 bits per heavy atom. The number of anilines is 1. The van der Waals surface area contributed by atoms with Gasteiger partial charge in [-0.2, -0.15) is 0 Å². The van der Waals surface area contributed by atoms with E-state index in [0.29, 0.717) is 11.6 Å². The lowest BCUT2D eigenvalue weighted by molar-refractivity contribution is -0.138. The summed E-state index contributed by atoms with van der Waals surface area (Å²) in [5.74, 6) is -0.300. The van der Waals surface area contributed by atoms with Crippen LogP contribution < -0.4 is 4.31 Å². The predicted molar refractivity (Wildman–Crippen MR) is 79.4 cm³/mol. The predicted octanol–water partition coefficient (Wildman–Crippen LogP) is 2.14. The van der Waals surface area contributed by atoms with E-state index in [4.69, 9.17) is 0 Å². The molecule has 0 amide bonds. The summed E-state index contributed by atoms with van der Waals surface area (Å²) in [6, 6.07) is 7.17. The summed E-state index contributed by atoms with van der Waals surface area (Å²) in [5, 5.41) is 0. The normalized spacial score (nSPS) is 11.4. The fraction of sp³-hybridized carbons (Fsp3) is 0.500. The van der Waals surface area contributed by atoms with Gasteiger partial charge in [-0.25, -0.2) is 8.42 Å². The monoisotopic (exact) mass is 299 g/mol. The molecule has 1 rings (SSSR count). The van der Waals surface area contributed by atoms with Crippen LogP contribution in [0.3, 0.4) is 0 Å². The Bertz CT molecular complexity index is 549. The zero-order valence-corrected chi connectivity index (χ0v) is 13.1. The van der Waals surface area contributed by atoms with E-state index in [1.807, 2.05) is 12.1 Å². The highest BCUT2D eigenvalue weighted by Crippen LogP contribution is 2.22. The molecule has 112 valence electrons. The van der Waals surface area contributed by atoms with Crippen LogP contribution in [-0.4, -0.2) is 33.8 Å². The van der Waals surface area contributed by atoms with E-state index < -0.39 is 16.0 Å². The molecule has 20 heavy (non-hydrogen) atoms. The van der Waals surface area contributed by atoms with Gasteiger partial charge in [-0.05, 0) is 30.5 Å². The zero-order valence-electron chi connectivity index (χ0n) is 12.3. The zero-order chi connectivity index (χ0) is 15.3. The van der Waals surface area contributed by atoms with Crippen LogP contribution in [0.5, 0.6) is 0 Å². The number of carbonyl (C=O) groups is 1. The van der Waals surface area contributed by atoms with E-state index >= 15 is 0 Å². The minimum Gasteiger partial charge on any atom is -0.468 e. The third kappa shape index (κ3) is 3.96. The number of carbonyl (C=O) groups excluding carboxylic acids is 1. The van der Waals surface area contributed by atoms with Gasteiger partial charge in [0.15, 0.2) is 0 Å². The van der Waals surface area contributed by atoms with Crippen molar-refractivity contribution in [2.75, 3.05) is 23.7 Å². The Hall–Kier alpha value is -1.56. The minimum absolute atomic E-state index is 0.0735. The van der Waals surface area contributed by atoms with Crippen LogP contribution in [0.1, 0.15) is 32.3 Å². The Morgan fingerprint density at radius 3 is 2.20 bits per heavy atom. The number of ether oxygens (including phenoxy) is 1. The van der Waals surface area contributed by atoms with Gasteiger partial charge in [-0.1, -0.05) is 26.0 Å². The van der Waals surface area contributed by atoms with Gasteiger partial charge in [0.05, 0.1) is 18.6 Å². The first-order chi connectivity index (χ1) is 9.31. The van der Waals surface area contributed by atoms with Gasteiger partial charge in [0, 0.05) is 0 Å². The molecule has 0 bridgehead atoms. The van der Waals surface area contributed by atoms with Crippen LogP contribution in [-0.2, 0) is 19.6 Å². The van der Waals surface area contributed by atoms with Gasteiger partial charge >= 0.3 is 5.97 Å². The van der Waals surface area contributed by atoms with Crippen molar-refractivity contribution < 1.29 is 17.9 Å². The summed E-state index contributed by atoms with van der Waals surface area (Å²) in [6.45, 7) is 5.35. The van der Waals surface area contributed by atoms with Gasteiger partial charge in [0.25, 0.3) is 0 Å². The highest BCUT2D eigenvalue weighted by molar-refractivity contribution is 7.92. The van der Waals surface area contributed by atoms with Crippen molar-refractivity contribution in [3.05, 3.63) is 29.8 Å². The van der Waals surface area contributed by atoms with E-state index in [1.165, 1.54) is 7.11 Å². The molecule has 6 heteroatoms. The Kier molecular flexibility index (Phi) is 5.56. The topological polar surface area (TPSA) is 63.7 Å². The summed E-state index contributed by atoms with van der Waals surface area (Å²) < 4.78 is 29.8. The lowest BCUT2D eigenvalue weighted by atomic mass is 10.0. The van der Waals surface area contributed by atoms with Gasteiger partial charge < -0.3 is 4.74 Å². The molecule has 0 saturated heterocycles. The fourth-order valence-electron chi connectivity index (χ4n) is 1.71. The molecule has 0 aliphatic carbocycles. The second-order valence-corrected chi connectivity index (χ2v) is 6.91. The molecular weight excluding hydrogens is 278 g/mol. The molecule has 0 heterocycles. The van der Waals surface area contributed by atoms with Gasteiger partial charge in [0.1, 0.15) is 6.54 Å². The molecule has 0 fully saturated rings. The maximum atomic E-state index is 12.1. The Balaban J connectivity index is 3.13. The van der Waals surface area contributed by atoms with E-state index in [1.54, 1.807) is 19.1 Å². The van der Waals surface area contributed by atoms with Crippen molar-refractivity contribution >= 4 is 21.7 Å². The number of hydrogen-bond donors (Lipinski definition) is 0. The van der Waals surface area contributed by atoms with Crippen molar-refractivity contribution in [2.24, 2.45) is 0 Å². The lowest BCUT2D eigenvalue weighted by Gasteiger charge is -2.23. The highest BCUT2D eigenvalue weighted by Gasteiger charge is 2.23. The second kappa shape index (κ2) is 6.74. The molecule has 0 spiro atoms. The standard InChI is InChI=1S/C14H21NO4S/c1-5-20(17,18)15(10-14(16)19-4)13-8-6-12(7-9-13)11(2)3/h6-9,11H,5,10H2,1-4H3. The first-order valence-electron chi connectivity index (χ1n) is 6.49. The summed E-state index contributed by atoms with van der Waals surface area (Å²) in [4.78, 5) is 11.4. The van der Waals surface area contributed by atoms with Gasteiger partial charge in [0.2, 0.25) is 10.0 Å². The van der Waals surface area contributed by atoms with Crippen LogP contribution in [0.2, 0.25) is 0 Å². The number of nitrogens with zero attached hydrogens (tertiary/aromatic N) is 1. The third-order valence-electron chi connectivity index (χ3n) is 3.05. The van der Waals surface area contributed by atoms with Crippen molar-refractivity contribution in [1.29, 1.82) is 0 Å². The average molecular weight is 299 g/mol. The molecule has 0 aliphatic rings. The number of sulfonamides is 1. The highest BCUT2D eigenvalue weighted by atomic mass is 32.2. The molecular formula is C14H21NO4S.